The van der Waals surface area contributed by atoms with E-state index < -0.39 is 0 Å². The molecule has 1 N–H and O–H groups in total. The lowest BCUT2D eigenvalue weighted by Gasteiger charge is -2.36. The maximum Gasteiger partial charge on any atom is 0.123 e. The predicted octanol–water partition coefficient (Wildman–Crippen LogP) is 3.98. The Hall–Kier alpha value is -0.580. The second-order valence-corrected chi connectivity index (χ2v) is 6.60. The highest BCUT2D eigenvalue weighted by atomic mass is 79.9. The van der Waals surface area contributed by atoms with E-state index in [-0.39, 0.29) is 0 Å². The Morgan fingerprint density at radius 2 is 2.05 bits per heavy atom. The number of nitrogens with one attached hydrogen (secondary N) is 1. The molecule has 1 atom stereocenters. The van der Waals surface area contributed by atoms with Crippen molar-refractivity contribution in [2.45, 2.75) is 38.6 Å². The molecule has 1 aliphatic rings. The summed E-state index contributed by atoms with van der Waals surface area (Å²) < 4.78 is 6.75. The summed E-state index contributed by atoms with van der Waals surface area (Å²) in [5, 5.41) is 3.45. The van der Waals surface area contributed by atoms with Gasteiger partial charge in [0.2, 0.25) is 0 Å². The van der Waals surface area contributed by atoms with Crippen LogP contribution < -0.4 is 10.1 Å². The molecule has 1 fully saturated rings. The molecule has 0 amide bonds. The van der Waals surface area contributed by atoms with E-state index in [9.17, 15) is 0 Å². The number of benzene rings is 1. The Labute approximate surface area is 137 Å². The lowest BCUT2D eigenvalue weighted by atomic mass is 9.97. The van der Waals surface area contributed by atoms with Gasteiger partial charge in [0.15, 0.2) is 0 Å². The summed E-state index contributed by atoms with van der Waals surface area (Å²) in [6.45, 7) is 6.67. The summed E-state index contributed by atoms with van der Waals surface area (Å²) in [7, 11) is 1.77. The molecule has 1 aromatic rings. The smallest absolute Gasteiger partial charge is 0.123 e. The molecule has 0 saturated carbocycles. The highest BCUT2D eigenvalue weighted by molar-refractivity contribution is 9.10. The summed E-state index contributed by atoms with van der Waals surface area (Å²) in [5.74, 6) is 1.01. The average Bonchev–Trinajstić information content (AvgIpc) is 2.52. The first-order valence-corrected chi connectivity index (χ1v) is 8.83. The van der Waals surface area contributed by atoms with Crippen molar-refractivity contribution in [2.75, 3.05) is 33.3 Å². The van der Waals surface area contributed by atoms with E-state index in [0.29, 0.717) is 6.04 Å². The Morgan fingerprint density at radius 3 is 2.71 bits per heavy atom. The first-order valence-electron chi connectivity index (χ1n) is 8.04. The molecule has 2 rings (SSSR count). The minimum atomic E-state index is 0.464. The quantitative estimate of drug-likeness (QED) is 0.749. The van der Waals surface area contributed by atoms with Gasteiger partial charge in [-0.1, -0.05) is 42.1 Å². The van der Waals surface area contributed by atoms with E-state index in [0.717, 1.165) is 36.4 Å². The fourth-order valence-corrected chi connectivity index (χ4v) is 3.46. The molecule has 21 heavy (non-hydrogen) atoms. The third-order valence-electron chi connectivity index (χ3n) is 4.22. The number of halogens is 1. The minimum absolute atomic E-state index is 0.464. The maximum atomic E-state index is 5.62. The van der Waals surface area contributed by atoms with Gasteiger partial charge >= 0.3 is 0 Å². The topological polar surface area (TPSA) is 24.5 Å². The zero-order valence-corrected chi connectivity index (χ0v) is 14.8. The van der Waals surface area contributed by atoms with Crippen LogP contribution in [-0.2, 0) is 0 Å². The van der Waals surface area contributed by atoms with Gasteiger partial charge in [0.1, 0.15) is 5.75 Å². The van der Waals surface area contributed by atoms with Crippen molar-refractivity contribution >= 4 is 15.9 Å². The third kappa shape index (κ3) is 4.70. The number of rotatable bonds is 7. The molecule has 0 bridgehead atoms. The Morgan fingerprint density at radius 1 is 1.29 bits per heavy atom. The van der Waals surface area contributed by atoms with Gasteiger partial charge in [-0.05, 0) is 24.6 Å². The van der Waals surface area contributed by atoms with Gasteiger partial charge in [-0.25, -0.2) is 0 Å². The second kappa shape index (κ2) is 8.76. The van der Waals surface area contributed by atoms with Gasteiger partial charge in [0.25, 0.3) is 0 Å². The SMILES string of the molecule is CCCCC[C@H](c1cc(Br)ccc1OC)N1CCNCC1. The molecular formula is C17H27BrN2O. The van der Waals surface area contributed by atoms with Crippen molar-refractivity contribution in [1.29, 1.82) is 0 Å². The van der Waals surface area contributed by atoms with Gasteiger partial charge in [-0.3, -0.25) is 4.90 Å². The van der Waals surface area contributed by atoms with Crippen LogP contribution in [0.2, 0.25) is 0 Å². The van der Waals surface area contributed by atoms with Crippen LogP contribution in [0, 0.1) is 0 Å². The molecule has 0 aliphatic carbocycles. The normalized spacial score (nSPS) is 17.7. The van der Waals surface area contributed by atoms with E-state index in [1.54, 1.807) is 7.11 Å². The van der Waals surface area contributed by atoms with E-state index >= 15 is 0 Å². The van der Waals surface area contributed by atoms with Crippen molar-refractivity contribution in [3.8, 4) is 5.75 Å². The number of unbranched alkanes of at least 4 members (excludes halogenated alkanes) is 2. The monoisotopic (exact) mass is 354 g/mol. The molecule has 1 aliphatic heterocycles. The Kier molecular flexibility index (Phi) is 7.00. The lowest BCUT2D eigenvalue weighted by molar-refractivity contribution is 0.160. The van der Waals surface area contributed by atoms with Crippen LogP contribution in [0.1, 0.15) is 44.2 Å². The van der Waals surface area contributed by atoms with Gasteiger partial charge in [-0.2, -0.15) is 0 Å². The van der Waals surface area contributed by atoms with E-state index in [4.69, 9.17) is 4.74 Å². The van der Waals surface area contributed by atoms with Gasteiger partial charge in [0.05, 0.1) is 7.11 Å². The van der Waals surface area contributed by atoms with E-state index in [2.05, 4.69) is 51.3 Å². The number of ether oxygens (including phenoxy) is 1. The standard InChI is InChI=1S/C17H27BrN2O/c1-3-4-5-6-16(20-11-9-19-10-12-20)15-13-14(18)7-8-17(15)21-2/h7-8,13,16,19H,3-6,9-12H2,1-2H3/t16-/m1/s1. The molecule has 1 heterocycles. The van der Waals surface area contributed by atoms with Crippen LogP contribution in [0.25, 0.3) is 0 Å². The van der Waals surface area contributed by atoms with Gasteiger partial charge in [-0.15, -0.1) is 0 Å². The number of piperazine rings is 1. The fourth-order valence-electron chi connectivity index (χ4n) is 3.08. The number of methoxy groups -OCH3 is 1. The van der Waals surface area contributed by atoms with Crippen LogP contribution in [-0.4, -0.2) is 38.2 Å². The van der Waals surface area contributed by atoms with Crippen molar-refractivity contribution in [3.05, 3.63) is 28.2 Å². The van der Waals surface area contributed by atoms with E-state index in [1.165, 1.54) is 31.2 Å². The lowest BCUT2D eigenvalue weighted by Crippen LogP contribution is -2.45. The maximum absolute atomic E-state index is 5.62. The molecule has 0 spiro atoms. The van der Waals surface area contributed by atoms with E-state index in [1.807, 2.05) is 0 Å². The highest BCUT2D eigenvalue weighted by Gasteiger charge is 2.24. The summed E-state index contributed by atoms with van der Waals surface area (Å²) in [5.41, 5.74) is 1.32. The first kappa shape index (κ1) is 16.8. The number of nitrogens with zero attached hydrogens (tertiary/aromatic N) is 1. The number of hydrogen-bond donors (Lipinski definition) is 1. The van der Waals surface area contributed by atoms with Gasteiger partial charge < -0.3 is 10.1 Å². The first-order chi connectivity index (χ1) is 10.3. The summed E-state index contributed by atoms with van der Waals surface area (Å²) >= 11 is 3.61. The fraction of sp³-hybridized carbons (Fsp3) is 0.647. The third-order valence-corrected chi connectivity index (χ3v) is 4.72. The molecule has 1 saturated heterocycles. The summed E-state index contributed by atoms with van der Waals surface area (Å²) in [6.07, 6.45) is 5.06. The van der Waals surface area contributed by atoms with Crippen molar-refractivity contribution in [2.24, 2.45) is 0 Å². The second-order valence-electron chi connectivity index (χ2n) is 5.68. The van der Waals surface area contributed by atoms with Crippen LogP contribution >= 0.6 is 15.9 Å². The molecule has 0 unspecified atom stereocenters. The molecular weight excluding hydrogens is 328 g/mol. The van der Waals surface area contributed by atoms with Crippen LogP contribution in [0.15, 0.2) is 22.7 Å². The molecule has 118 valence electrons. The van der Waals surface area contributed by atoms with Crippen molar-refractivity contribution in [3.63, 3.8) is 0 Å². The molecule has 1 aromatic carbocycles. The molecule has 0 aromatic heterocycles. The van der Waals surface area contributed by atoms with Crippen molar-refractivity contribution in [1.82, 2.24) is 10.2 Å². The van der Waals surface area contributed by atoms with Crippen LogP contribution in [0.3, 0.4) is 0 Å². The summed E-state index contributed by atoms with van der Waals surface area (Å²) in [6, 6.07) is 6.83. The zero-order chi connectivity index (χ0) is 15.1. The van der Waals surface area contributed by atoms with Crippen LogP contribution in [0.5, 0.6) is 5.75 Å². The Bertz CT molecular complexity index is 433. The molecule has 0 radical (unpaired) electrons. The summed E-state index contributed by atoms with van der Waals surface area (Å²) in [4.78, 5) is 2.61. The Balaban J connectivity index is 2.22. The molecule has 3 nitrogen and oxygen atoms in total. The predicted molar refractivity (Wildman–Crippen MR) is 92.0 cm³/mol. The van der Waals surface area contributed by atoms with Crippen LogP contribution in [0.4, 0.5) is 0 Å². The average molecular weight is 355 g/mol. The molecule has 4 heteroatoms. The van der Waals surface area contributed by atoms with Crippen molar-refractivity contribution < 1.29 is 4.74 Å². The zero-order valence-electron chi connectivity index (χ0n) is 13.2. The minimum Gasteiger partial charge on any atom is -0.496 e. The number of hydrogen-bond acceptors (Lipinski definition) is 3. The highest BCUT2D eigenvalue weighted by Crippen LogP contribution is 2.35. The van der Waals surface area contributed by atoms with Gasteiger partial charge in [0, 0.05) is 42.3 Å². The largest absolute Gasteiger partial charge is 0.496 e.